The van der Waals surface area contributed by atoms with Gasteiger partial charge in [-0.25, -0.2) is 0 Å². The third kappa shape index (κ3) is 5.31. The molecule has 0 aliphatic carbocycles. The van der Waals surface area contributed by atoms with Gasteiger partial charge >= 0.3 is 0 Å². The summed E-state index contributed by atoms with van der Waals surface area (Å²) in [5, 5.41) is 0. The normalized spacial score (nSPS) is 13.0. The molecule has 0 aliphatic rings. The highest BCUT2D eigenvalue weighted by Gasteiger charge is 1.78. The van der Waals surface area contributed by atoms with Gasteiger partial charge in [-0.15, -0.1) is 0 Å². The van der Waals surface area contributed by atoms with Crippen LogP contribution in [-0.2, 0) is 0 Å². The minimum atomic E-state index is 0.650. The van der Waals surface area contributed by atoms with Crippen LogP contribution in [0.15, 0.2) is 23.8 Å². The van der Waals surface area contributed by atoms with E-state index in [-0.39, 0.29) is 0 Å². The average molecular weight is 125 g/mol. The molecule has 2 N–H and O–H groups in total. The van der Waals surface area contributed by atoms with Crippen molar-refractivity contribution in [2.24, 2.45) is 5.73 Å². The Labute approximate surface area is 57.3 Å². The molecule has 52 valence electrons. The van der Waals surface area contributed by atoms with Crippen LogP contribution >= 0.6 is 0 Å². The fourth-order valence-electron chi connectivity index (χ4n) is 0.483. The molecule has 1 heteroatoms. The van der Waals surface area contributed by atoms with E-state index in [2.05, 4.69) is 19.1 Å². The Morgan fingerprint density at radius 3 is 2.56 bits per heavy atom. The van der Waals surface area contributed by atoms with Crippen LogP contribution in [0.25, 0.3) is 0 Å². The predicted octanol–water partition coefficient (Wildman–Crippen LogP) is 1.86. The lowest BCUT2D eigenvalue weighted by Crippen LogP contribution is -1.91. The van der Waals surface area contributed by atoms with Crippen LogP contribution in [0, 0.1) is 0 Å². The molecule has 0 atom stereocenters. The van der Waals surface area contributed by atoms with Crippen LogP contribution in [0.2, 0.25) is 0 Å². The van der Waals surface area contributed by atoms with Crippen molar-refractivity contribution in [3.8, 4) is 0 Å². The third-order valence-electron chi connectivity index (χ3n) is 1.24. The first kappa shape index (κ1) is 8.44. The molecule has 0 amide bonds. The van der Waals surface area contributed by atoms with Gasteiger partial charge in [0.1, 0.15) is 0 Å². The highest BCUT2D eigenvalue weighted by Crippen LogP contribution is 1.98. The Morgan fingerprint density at radius 2 is 2.11 bits per heavy atom. The molecule has 0 aromatic carbocycles. The molecule has 0 saturated carbocycles. The van der Waals surface area contributed by atoms with Gasteiger partial charge in [0.25, 0.3) is 0 Å². The van der Waals surface area contributed by atoms with Crippen LogP contribution in [0.5, 0.6) is 0 Å². The Balaban J connectivity index is 3.38. The summed E-state index contributed by atoms with van der Waals surface area (Å²) in [6, 6.07) is 0. The summed E-state index contributed by atoms with van der Waals surface area (Å²) in [7, 11) is 0. The molecule has 0 aliphatic heterocycles. The molecule has 0 spiro atoms. The van der Waals surface area contributed by atoms with E-state index in [0.717, 1.165) is 6.42 Å². The Bertz CT molecular complexity index is 112. The smallest absolute Gasteiger partial charge is 0.0106 e. The number of nitrogens with two attached hydrogens (primary N) is 1. The Kier molecular flexibility index (Phi) is 5.23. The average Bonchev–Trinajstić information content (AvgIpc) is 1.89. The van der Waals surface area contributed by atoms with Gasteiger partial charge in [-0.1, -0.05) is 23.8 Å². The summed E-state index contributed by atoms with van der Waals surface area (Å²) in [5.41, 5.74) is 6.64. The lowest BCUT2D eigenvalue weighted by Gasteiger charge is -1.89. The maximum atomic E-state index is 5.25. The quantitative estimate of drug-likeness (QED) is 0.572. The second kappa shape index (κ2) is 5.57. The van der Waals surface area contributed by atoms with Gasteiger partial charge in [0.2, 0.25) is 0 Å². The molecule has 0 rings (SSSR count). The van der Waals surface area contributed by atoms with Gasteiger partial charge in [0, 0.05) is 6.54 Å². The monoisotopic (exact) mass is 125 g/mol. The van der Waals surface area contributed by atoms with Gasteiger partial charge in [-0.05, 0) is 20.3 Å². The van der Waals surface area contributed by atoms with Crippen molar-refractivity contribution >= 4 is 0 Å². The summed E-state index contributed by atoms with van der Waals surface area (Å²) in [4.78, 5) is 0. The van der Waals surface area contributed by atoms with E-state index in [9.17, 15) is 0 Å². The summed E-state index contributed by atoms with van der Waals surface area (Å²) in [5.74, 6) is 0. The molecular formula is C8H15N. The molecule has 0 aromatic heterocycles. The SMILES string of the molecule is C/C=C(/C)C/C=C\CN. The molecule has 0 fully saturated rings. The van der Waals surface area contributed by atoms with Crippen LogP contribution < -0.4 is 5.73 Å². The van der Waals surface area contributed by atoms with E-state index in [1.54, 1.807) is 0 Å². The van der Waals surface area contributed by atoms with E-state index in [4.69, 9.17) is 5.73 Å². The molecule has 0 saturated heterocycles. The molecule has 0 radical (unpaired) electrons. The molecule has 9 heavy (non-hydrogen) atoms. The van der Waals surface area contributed by atoms with E-state index in [1.807, 2.05) is 13.0 Å². The lowest BCUT2D eigenvalue weighted by molar-refractivity contribution is 1.17. The largest absolute Gasteiger partial charge is 0.327 e. The summed E-state index contributed by atoms with van der Waals surface area (Å²) in [6.07, 6.45) is 7.22. The van der Waals surface area contributed by atoms with E-state index in [1.165, 1.54) is 5.57 Å². The van der Waals surface area contributed by atoms with Crippen molar-refractivity contribution in [2.45, 2.75) is 20.3 Å². The summed E-state index contributed by atoms with van der Waals surface area (Å²) in [6.45, 7) is 4.81. The van der Waals surface area contributed by atoms with Crippen LogP contribution in [0.4, 0.5) is 0 Å². The minimum Gasteiger partial charge on any atom is -0.327 e. The zero-order valence-electron chi connectivity index (χ0n) is 6.22. The molecular weight excluding hydrogens is 110 g/mol. The second-order valence-corrected chi connectivity index (χ2v) is 2.05. The van der Waals surface area contributed by atoms with Gasteiger partial charge in [0.05, 0.1) is 0 Å². The van der Waals surface area contributed by atoms with Crippen molar-refractivity contribution in [2.75, 3.05) is 6.54 Å². The molecule has 0 unspecified atom stereocenters. The van der Waals surface area contributed by atoms with Crippen LogP contribution in [-0.4, -0.2) is 6.54 Å². The van der Waals surface area contributed by atoms with E-state index >= 15 is 0 Å². The number of rotatable bonds is 3. The van der Waals surface area contributed by atoms with Crippen molar-refractivity contribution in [3.05, 3.63) is 23.8 Å². The van der Waals surface area contributed by atoms with Gasteiger partial charge < -0.3 is 5.73 Å². The second-order valence-electron chi connectivity index (χ2n) is 2.05. The highest BCUT2D eigenvalue weighted by molar-refractivity contribution is 5.02. The number of hydrogen-bond acceptors (Lipinski definition) is 1. The number of allylic oxidation sites excluding steroid dienone is 3. The maximum absolute atomic E-state index is 5.25. The first-order valence-corrected chi connectivity index (χ1v) is 3.28. The van der Waals surface area contributed by atoms with Crippen molar-refractivity contribution < 1.29 is 0 Å². The van der Waals surface area contributed by atoms with Gasteiger partial charge in [-0.3, -0.25) is 0 Å². The zero-order valence-corrected chi connectivity index (χ0v) is 6.22. The topological polar surface area (TPSA) is 26.0 Å². The summed E-state index contributed by atoms with van der Waals surface area (Å²) >= 11 is 0. The molecule has 0 heterocycles. The van der Waals surface area contributed by atoms with Crippen LogP contribution in [0.3, 0.4) is 0 Å². The van der Waals surface area contributed by atoms with Crippen molar-refractivity contribution in [1.29, 1.82) is 0 Å². The Morgan fingerprint density at radius 1 is 1.44 bits per heavy atom. The molecule has 1 nitrogen and oxygen atoms in total. The standard InChI is InChI=1S/C8H15N/c1-3-8(2)6-4-5-7-9/h3-5H,6-7,9H2,1-2H3/b5-4-,8-3-. The number of hydrogen-bond donors (Lipinski definition) is 1. The first-order chi connectivity index (χ1) is 4.31. The molecule has 0 bridgehead atoms. The van der Waals surface area contributed by atoms with Gasteiger partial charge in [0.15, 0.2) is 0 Å². The predicted molar refractivity (Wildman–Crippen MR) is 42.2 cm³/mol. The maximum Gasteiger partial charge on any atom is 0.0106 e. The fourth-order valence-corrected chi connectivity index (χ4v) is 0.483. The Hall–Kier alpha value is -0.560. The molecule has 0 aromatic rings. The fraction of sp³-hybridized carbons (Fsp3) is 0.500. The van der Waals surface area contributed by atoms with Crippen LogP contribution in [0.1, 0.15) is 20.3 Å². The lowest BCUT2D eigenvalue weighted by atomic mass is 10.2. The highest BCUT2D eigenvalue weighted by atomic mass is 14.5. The van der Waals surface area contributed by atoms with E-state index in [0.29, 0.717) is 6.54 Å². The zero-order chi connectivity index (χ0) is 7.11. The van der Waals surface area contributed by atoms with Crippen molar-refractivity contribution in [1.82, 2.24) is 0 Å². The van der Waals surface area contributed by atoms with Crippen molar-refractivity contribution in [3.63, 3.8) is 0 Å². The van der Waals surface area contributed by atoms with Gasteiger partial charge in [-0.2, -0.15) is 0 Å². The third-order valence-corrected chi connectivity index (χ3v) is 1.24. The van der Waals surface area contributed by atoms with E-state index < -0.39 is 0 Å². The minimum absolute atomic E-state index is 0.650. The summed E-state index contributed by atoms with van der Waals surface area (Å²) < 4.78 is 0. The first-order valence-electron chi connectivity index (χ1n) is 3.28.